The molecule has 3 heteroatoms. The van der Waals surface area contributed by atoms with Crippen LogP contribution in [0.2, 0.25) is 5.02 Å². The first-order valence-corrected chi connectivity index (χ1v) is 8.20. The molecule has 0 aliphatic rings. The molecule has 0 aliphatic carbocycles. The van der Waals surface area contributed by atoms with Crippen molar-refractivity contribution >= 4 is 48.0 Å². The van der Waals surface area contributed by atoms with Crippen molar-refractivity contribution in [3.63, 3.8) is 0 Å². The first-order valence-electron chi connectivity index (χ1n) is 5.97. The molecule has 0 spiro atoms. The van der Waals surface area contributed by atoms with Gasteiger partial charge in [-0.3, -0.25) is 0 Å². The topological polar surface area (TPSA) is 13.1 Å². The van der Waals surface area contributed by atoms with E-state index >= 15 is 0 Å². The van der Waals surface area contributed by atoms with Gasteiger partial charge in [0.2, 0.25) is 0 Å². The molecule has 0 radical (unpaired) electrons. The predicted octanol–water partition coefficient (Wildman–Crippen LogP) is 4.96. The molecule has 19 heavy (non-hydrogen) atoms. The van der Waals surface area contributed by atoms with Gasteiger partial charge in [0.1, 0.15) is 0 Å². The summed E-state index contributed by atoms with van der Waals surface area (Å²) in [5, 5.41) is 3.23. The Morgan fingerprint density at radius 3 is 2.53 bits per heavy atom. The standard InChI is InChI=1S/C16H9ClOSe/c17-11-7-5-10(6-8-11)16-15-13(9-19-16)12-3-1-2-4-14(12)18-15/h1-9H. The Bertz CT molecular complexity index is 871. The average molecular weight is 332 g/mol. The fraction of sp³-hybridized carbons (Fsp3) is 0. The minimum atomic E-state index is 0.325. The predicted molar refractivity (Wildman–Crippen MR) is 81.1 cm³/mol. The van der Waals surface area contributed by atoms with Gasteiger partial charge in [-0.25, -0.2) is 0 Å². The Hall–Kier alpha value is -1.47. The van der Waals surface area contributed by atoms with Gasteiger partial charge in [-0.05, 0) is 0 Å². The molecule has 2 aromatic carbocycles. The summed E-state index contributed by atoms with van der Waals surface area (Å²) >= 11 is 6.27. The van der Waals surface area contributed by atoms with Crippen LogP contribution < -0.4 is 0 Å². The number of hydrogen-bond acceptors (Lipinski definition) is 1. The second-order valence-electron chi connectivity index (χ2n) is 4.41. The van der Waals surface area contributed by atoms with Gasteiger partial charge < -0.3 is 0 Å². The number of furan rings is 1. The fourth-order valence-electron chi connectivity index (χ4n) is 2.32. The first-order chi connectivity index (χ1) is 9.33. The Morgan fingerprint density at radius 1 is 0.895 bits per heavy atom. The summed E-state index contributed by atoms with van der Waals surface area (Å²) in [6, 6.07) is 16.2. The van der Waals surface area contributed by atoms with Gasteiger partial charge in [0.25, 0.3) is 0 Å². The van der Waals surface area contributed by atoms with Crippen molar-refractivity contribution in [2.45, 2.75) is 0 Å². The van der Waals surface area contributed by atoms with Gasteiger partial charge in [-0.15, -0.1) is 0 Å². The molecular formula is C16H9ClOSe. The molecule has 0 saturated carbocycles. The van der Waals surface area contributed by atoms with Crippen LogP contribution in [0.4, 0.5) is 0 Å². The number of fused-ring (bicyclic) bond motifs is 3. The first kappa shape index (κ1) is 11.4. The fourth-order valence-corrected chi connectivity index (χ4v) is 4.55. The van der Waals surface area contributed by atoms with Crippen LogP contribution in [0.15, 0.2) is 57.9 Å². The molecule has 0 fully saturated rings. The Morgan fingerprint density at radius 2 is 1.68 bits per heavy atom. The van der Waals surface area contributed by atoms with E-state index in [4.69, 9.17) is 16.0 Å². The maximum absolute atomic E-state index is 6.02. The van der Waals surface area contributed by atoms with E-state index in [1.807, 2.05) is 24.3 Å². The van der Waals surface area contributed by atoms with E-state index in [-0.39, 0.29) is 0 Å². The van der Waals surface area contributed by atoms with Crippen LogP contribution in [0.5, 0.6) is 0 Å². The molecule has 0 saturated heterocycles. The maximum atomic E-state index is 6.02. The summed E-state index contributed by atoms with van der Waals surface area (Å²) in [6.45, 7) is 0. The normalized spacial score (nSPS) is 11.4. The van der Waals surface area contributed by atoms with E-state index in [0.717, 1.165) is 16.2 Å². The number of hydrogen-bond donors (Lipinski definition) is 0. The van der Waals surface area contributed by atoms with Crippen LogP contribution in [0.1, 0.15) is 0 Å². The number of para-hydroxylation sites is 1. The van der Waals surface area contributed by atoms with Crippen molar-refractivity contribution in [2.75, 3.05) is 0 Å². The quantitative estimate of drug-likeness (QED) is 0.449. The van der Waals surface area contributed by atoms with E-state index in [1.165, 1.54) is 20.8 Å². The van der Waals surface area contributed by atoms with Gasteiger partial charge in [0.15, 0.2) is 0 Å². The zero-order chi connectivity index (χ0) is 12.8. The van der Waals surface area contributed by atoms with Gasteiger partial charge in [-0.2, -0.15) is 0 Å². The second kappa shape index (κ2) is 4.28. The van der Waals surface area contributed by atoms with E-state index in [1.54, 1.807) is 0 Å². The van der Waals surface area contributed by atoms with Crippen molar-refractivity contribution in [1.82, 2.24) is 0 Å². The minimum absolute atomic E-state index is 0.325. The van der Waals surface area contributed by atoms with E-state index in [2.05, 4.69) is 29.2 Å². The third-order valence-electron chi connectivity index (χ3n) is 3.24. The van der Waals surface area contributed by atoms with Gasteiger partial charge in [0, 0.05) is 0 Å². The SMILES string of the molecule is Clc1ccc(-c2[se]cc3c2oc2ccccc23)cc1. The summed E-state index contributed by atoms with van der Waals surface area (Å²) < 4.78 is 7.32. The Kier molecular flexibility index (Phi) is 2.56. The molecule has 2 aromatic heterocycles. The third-order valence-corrected chi connectivity index (χ3v) is 5.61. The van der Waals surface area contributed by atoms with Gasteiger partial charge in [0.05, 0.1) is 0 Å². The summed E-state index contributed by atoms with van der Waals surface area (Å²) in [6.07, 6.45) is 0. The van der Waals surface area contributed by atoms with Crippen molar-refractivity contribution < 1.29 is 4.42 Å². The van der Waals surface area contributed by atoms with E-state index < -0.39 is 0 Å². The molecule has 4 aromatic rings. The Balaban J connectivity index is 2.02. The molecule has 0 N–H and O–H groups in total. The number of rotatable bonds is 1. The summed E-state index contributed by atoms with van der Waals surface area (Å²) in [5.41, 5.74) is 3.20. The van der Waals surface area contributed by atoms with Crippen LogP contribution in [-0.4, -0.2) is 14.5 Å². The van der Waals surface area contributed by atoms with Crippen LogP contribution in [-0.2, 0) is 0 Å². The monoisotopic (exact) mass is 332 g/mol. The number of halogens is 1. The molecule has 0 amide bonds. The number of benzene rings is 2. The van der Waals surface area contributed by atoms with Gasteiger partial charge in [-0.1, -0.05) is 0 Å². The molecule has 2 heterocycles. The zero-order valence-corrected chi connectivity index (χ0v) is 12.4. The van der Waals surface area contributed by atoms with Crippen molar-refractivity contribution in [2.24, 2.45) is 0 Å². The molecular weight excluding hydrogens is 323 g/mol. The Labute approximate surface area is 121 Å². The summed E-state index contributed by atoms with van der Waals surface area (Å²) in [7, 11) is 0. The van der Waals surface area contributed by atoms with Crippen molar-refractivity contribution in [3.8, 4) is 10.0 Å². The van der Waals surface area contributed by atoms with E-state index in [0.29, 0.717) is 14.5 Å². The molecule has 92 valence electrons. The van der Waals surface area contributed by atoms with Crippen LogP contribution in [0, 0.1) is 0 Å². The van der Waals surface area contributed by atoms with Crippen LogP contribution >= 0.6 is 11.6 Å². The van der Waals surface area contributed by atoms with E-state index in [9.17, 15) is 0 Å². The molecule has 4 rings (SSSR count). The van der Waals surface area contributed by atoms with Crippen LogP contribution in [0.3, 0.4) is 0 Å². The molecule has 1 nitrogen and oxygen atoms in total. The molecule has 0 bridgehead atoms. The molecule has 0 aliphatic heterocycles. The van der Waals surface area contributed by atoms with Crippen LogP contribution in [0.25, 0.3) is 31.9 Å². The van der Waals surface area contributed by atoms with Gasteiger partial charge >= 0.3 is 121 Å². The summed E-state index contributed by atoms with van der Waals surface area (Å²) in [5.74, 6) is 0. The third kappa shape index (κ3) is 1.76. The molecule has 0 atom stereocenters. The van der Waals surface area contributed by atoms with Crippen molar-refractivity contribution in [1.29, 1.82) is 0 Å². The second-order valence-corrected chi connectivity index (χ2v) is 6.69. The molecule has 0 unspecified atom stereocenters. The summed E-state index contributed by atoms with van der Waals surface area (Å²) in [4.78, 5) is 2.30. The average Bonchev–Trinajstić information content (AvgIpc) is 2.98. The zero-order valence-electron chi connectivity index (χ0n) is 9.89. The van der Waals surface area contributed by atoms with Crippen molar-refractivity contribution in [3.05, 3.63) is 58.5 Å².